The summed E-state index contributed by atoms with van der Waals surface area (Å²) in [5, 5.41) is 18.9. The van der Waals surface area contributed by atoms with Gasteiger partial charge in [-0.15, -0.1) is 0 Å². The third-order valence-corrected chi connectivity index (χ3v) is 2.30. The molecule has 3 nitrogen and oxygen atoms in total. The molecular formula is C9H18O3. The predicted octanol–water partition coefficient (Wildman–Crippen LogP) is 0.687. The number of aliphatic hydroxyl groups excluding tert-OH is 2. The van der Waals surface area contributed by atoms with Crippen molar-refractivity contribution in [2.75, 3.05) is 6.61 Å². The van der Waals surface area contributed by atoms with E-state index in [1.807, 2.05) is 6.92 Å². The molecule has 0 saturated carbocycles. The maximum atomic E-state index is 9.56. The standard InChI is InChI=1S/C9H18O3/c1-2-3-8(11)9-6-7(10)4-5-12-9/h7-11H,2-6H2,1H3. The molecule has 0 radical (unpaired) electrons. The highest BCUT2D eigenvalue weighted by atomic mass is 16.5. The van der Waals surface area contributed by atoms with Crippen LogP contribution in [0.3, 0.4) is 0 Å². The first-order valence-electron chi connectivity index (χ1n) is 4.71. The zero-order valence-corrected chi connectivity index (χ0v) is 7.57. The van der Waals surface area contributed by atoms with Gasteiger partial charge in [0.15, 0.2) is 0 Å². The Hall–Kier alpha value is -0.120. The maximum absolute atomic E-state index is 9.56. The molecule has 3 unspecified atom stereocenters. The number of hydrogen-bond donors (Lipinski definition) is 2. The van der Waals surface area contributed by atoms with Crippen LogP contribution < -0.4 is 0 Å². The van der Waals surface area contributed by atoms with Crippen molar-refractivity contribution in [3.63, 3.8) is 0 Å². The molecule has 0 amide bonds. The summed E-state index contributed by atoms with van der Waals surface area (Å²) in [7, 11) is 0. The molecule has 1 aliphatic heterocycles. The lowest BCUT2D eigenvalue weighted by molar-refractivity contribution is -0.0986. The minimum atomic E-state index is -0.398. The molecule has 1 rings (SSSR count). The molecule has 1 aliphatic rings. The van der Waals surface area contributed by atoms with Gasteiger partial charge in [0.25, 0.3) is 0 Å². The molecule has 0 aromatic heterocycles. The fraction of sp³-hybridized carbons (Fsp3) is 1.00. The van der Waals surface area contributed by atoms with Crippen molar-refractivity contribution in [2.24, 2.45) is 0 Å². The first-order valence-corrected chi connectivity index (χ1v) is 4.71. The highest BCUT2D eigenvalue weighted by Crippen LogP contribution is 2.18. The second-order valence-corrected chi connectivity index (χ2v) is 3.44. The van der Waals surface area contributed by atoms with Crippen molar-refractivity contribution in [1.82, 2.24) is 0 Å². The average Bonchev–Trinajstić information content (AvgIpc) is 2.05. The van der Waals surface area contributed by atoms with E-state index in [2.05, 4.69) is 0 Å². The first kappa shape index (κ1) is 9.96. The van der Waals surface area contributed by atoms with Gasteiger partial charge in [-0.1, -0.05) is 13.3 Å². The Labute approximate surface area is 73.4 Å². The van der Waals surface area contributed by atoms with Gasteiger partial charge in [0, 0.05) is 13.0 Å². The SMILES string of the molecule is CCCC(O)C1CC(O)CCO1. The Balaban J connectivity index is 2.29. The van der Waals surface area contributed by atoms with E-state index < -0.39 is 6.10 Å². The van der Waals surface area contributed by atoms with Crippen molar-refractivity contribution >= 4 is 0 Å². The summed E-state index contributed by atoms with van der Waals surface area (Å²) in [5.41, 5.74) is 0. The van der Waals surface area contributed by atoms with Gasteiger partial charge >= 0.3 is 0 Å². The van der Waals surface area contributed by atoms with Crippen LogP contribution in [0, 0.1) is 0 Å². The monoisotopic (exact) mass is 174 g/mol. The Bertz CT molecular complexity index is 127. The molecule has 1 fully saturated rings. The van der Waals surface area contributed by atoms with Gasteiger partial charge in [-0.05, 0) is 12.8 Å². The lowest BCUT2D eigenvalue weighted by Gasteiger charge is -2.29. The van der Waals surface area contributed by atoms with Crippen LogP contribution in [-0.2, 0) is 4.74 Å². The highest BCUT2D eigenvalue weighted by Gasteiger charge is 2.26. The van der Waals surface area contributed by atoms with E-state index in [9.17, 15) is 10.2 Å². The van der Waals surface area contributed by atoms with Crippen molar-refractivity contribution in [1.29, 1.82) is 0 Å². The molecule has 3 heteroatoms. The van der Waals surface area contributed by atoms with Gasteiger partial charge in [-0.2, -0.15) is 0 Å². The highest BCUT2D eigenvalue weighted by molar-refractivity contribution is 4.76. The van der Waals surface area contributed by atoms with E-state index in [1.165, 1.54) is 0 Å². The quantitative estimate of drug-likeness (QED) is 0.661. The topological polar surface area (TPSA) is 49.7 Å². The molecule has 2 N–H and O–H groups in total. The Kier molecular flexibility index (Phi) is 3.98. The van der Waals surface area contributed by atoms with E-state index >= 15 is 0 Å². The van der Waals surface area contributed by atoms with Gasteiger partial charge in [0.05, 0.1) is 18.3 Å². The van der Waals surface area contributed by atoms with Crippen LogP contribution >= 0.6 is 0 Å². The summed E-state index contributed by atoms with van der Waals surface area (Å²) in [6.07, 6.45) is 2.18. The second-order valence-electron chi connectivity index (χ2n) is 3.44. The molecule has 72 valence electrons. The molecule has 0 aliphatic carbocycles. The summed E-state index contributed by atoms with van der Waals surface area (Å²) in [6, 6.07) is 0. The van der Waals surface area contributed by atoms with Gasteiger partial charge < -0.3 is 14.9 Å². The number of hydrogen-bond acceptors (Lipinski definition) is 3. The molecule has 1 saturated heterocycles. The lowest BCUT2D eigenvalue weighted by Crippen LogP contribution is -2.37. The third kappa shape index (κ3) is 2.73. The van der Waals surface area contributed by atoms with Crippen molar-refractivity contribution in [3.05, 3.63) is 0 Å². The van der Waals surface area contributed by atoms with E-state index in [1.54, 1.807) is 0 Å². The summed E-state index contributed by atoms with van der Waals surface area (Å²) in [6.45, 7) is 2.61. The fourth-order valence-electron chi connectivity index (χ4n) is 1.56. The van der Waals surface area contributed by atoms with E-state index in [-0.39, 0.29) is 12.2 Å². The summed E-state index contributed by atoms with van der Waals surface area (Å²) >= 11 is 0. The summed E-state index contributed by atoms with van der Waals surface area (Å²) in [4.78, 5) is 0. The van der Waals surface area contributed by atoms with Crippen LogP contribution in [-0.4, -0.2) is 35.1 Å². The van der Waals surface area contributed by atoms with Gasteiger partial charge in [0.2, 0.25) is 0 Å². The van der Waals surface area contributed by atoms with Crippen LogP contribution in [0.4, 0.5) is 0 Å². The zero-order chi connectivity index (χ0) is 8.97. The summed E-state index contributed by atoms with van der Waals surface area (Å²) < 4.78 is 5.35. The summed E-state index contributed by atoms with van der Waals surface area (Å²) in [5.74, 6) is 0. The molecule has 3 atom stereocenters. The lowest BCUT2D eigenvalue weighted by atomic mass is 9.99. The molecular weight excluding hydrogens is 156 g/mol. The Morgan fingerprint density at radius 2 is 2.33 bits per heavy atom. The van der Waals surface area contributed by atoms with E-state index in [4.69, 9.17) is 4.74 Å². The van der Waals surface area contributed by atoms with Crippen LogP contribution in [0.2, 0.25) is 0 Å². The van der Waals surface area contributed by atoms with Gasteiger partial charge in [-0.3, -0.25) is 0 Å². The maximum Gasteiger partial charge on any atom is 0.0858 e. The van der Waals surface area contributed by atoms with Gasteiger partial charge in [-0.25, -0.2) is 0 Å². The average molecular weight is 174 g/mol. The molecule has 0 bridgehead atoms. The molecule has 0 spiro atoms. The minimum Gasteiger partial charge on any atom is -0.393 e. The van der Waals surface area contributed by atoms with Crippen molar-refractivity contribution in [3.8, 4) is 0 Å². The molecule has 0 aromatic carbocycles. The zero-order valence-electron chi connectivity index (χ0n) is 7.57. The van der Waals surface area contributed by atoms with E-state index in [0.717, 1.165) is 12.8 Å². The van der Waals surface area contributed by atoms with Crippen LogP contribution in [0.5, 0.6) is 0 Å². The number of rotatable bonds is 3. The minimum absolute atomic E-state index is 0.145. The number of aliphatic hydroxyl groups is 2. The van der Waals surface area contributed by atoms with Crippen LogP contribution in [0.25, 0.3) is 0 Å². The van der Waals surface area contributed by atoms with Gasteiger partial charge in [0.1, 0.15) is 0 Å². The predicted molar refractivity (Wildman–Crippen MR) is 45.9 cm³/mol. The normalized spacial score (nSPS) is 33.2. The number of ether oxygens (including phenoxy) is 1. The smallest absolute Gasteiger partial charge is 0.0858 e. The second kappa shape index (κ2) is 4.80. The third-order valence-electron chi connectivity index (χ3n) is 2.30. The largest absolute Gasteiger partial charge is 0.393 e. The molecule has 1 heterocycles. The van der Waals surface area contributed by atoms with Crippen molar-refractivity contribution < 1.29 is 14.9 Å². The first-order chi connectivity index (χ1) is 5.74. The van der Waals surface area contributed by atoms with Crippen LogP contribution in [0.15, 0.2) is 0 Å². The van der Waals surface area contributed by atoms with Crippen LogP contribution in [0.1, 0.15) is 32.6 Å². The van der Waals surface area contributed by atoms with E-state index in [0.29, 0.717) is 19.4 Å². The fourth-order valence-corrected chi connectivity index (χ4v) is 1.56. The Morgan fingerprint density at radius 1 is 1.58 bits per heavy atom. The molecule has 0 aromatic rings. The van der Waals surface area contributed by atoms with Crippen molar-refractivity contribution in [2.45, 2.75) is 50.9 Å². The molecule has 12 heavy (non-hydrogen) atoms. The Morgan fingerprint density at radius 3 is 2.92 bits per heavy atom.